The van der Waals surface area contributed by atoms with E-state index in [0.29, 0.717) is 12.8 Å². The van der Waals surface area contributed by atoms with Gasteiger partial charge in [-0.05, 0) is 81.5 Å². The van der Waals surface area contributed by atoms with Crippen LogP contribution >= 0.6 is 0 Å². The van der Waals surface area contributed by atoms with E-state index in [-0.39, 0.29) is 47.7 Å². The Balaban J connectivity index is 1.68. The summed E-state index contributed by atoms with van der Waals surface area (Å²) in [5.41, 5.74) is -1.77. The van der Waals surface area contributed by atoms with Crippen LogP contribution in [0.4, 0.5) is 18.0 Å². The van der Waals surface area contributed by atoms with Crippen molar-refractivity contribution < 1.29 is 35.9 Å². The molecule has 3 rings (SSSR count). The molecule has 1 aliphatic carbocycles. The second-order valence-corrected chi connectivity index (χ2v) is 13.3. The van der Waals surface area contributed by atoms with Crippen LogP contribution in [-0.2, 0) is 25.7 Å². The minimum Gasteiger partial charge on any atom is -0.444 e. The number of rotatable bonds is 9. The summed E-state index contributed by atoms with van der Waals surface area (Å²) in [4.78, 5) is 24.9. The zero-order valence-corrected chi connectivity index (χ0v) is 23.3. The molecule has 214 valence electrons. The quantitative estimate of drug-likeness (QED) is 0.465. The SMILES string of the molecule is CNC(=O)OC(C)(C)C[C@H](CC(C)C)C(=O)N[C@@H]1CC[C@@H]2CN(S(=O)(=O)c3ccc(C(F)(F)F)cc3)C[C@@H]21. The van der Waals surface area contributed by atoms with Gasteiger partial charge in [0.1, 0.15) is 5.60 Å². The number of halogens is 3. The highest BCUT2D eigenvalue weighted by atomic mass is 32.2. The lowest BCUT2D eigenvalue weighted by molar-refractivity contribution is -0.137. The lowest BCUT2D eigenvalue weighted by Gasteiger charge is -2.31. The van der Waals surface area contributed by atoms with E-state index < -0.39 is 39.4 Å². The summed E-state index contributed by atoms with van der Waals surface area (Å²) >= 11 is 0. The number of alkyl halides is 3. The van der Waals surface area contributed by atoms with Crippen LogP contribution < -0.4 is 10.6 Å². The van der Waals surface area contributed by atoms with Crippen molar-refractivity contribution in [2.75, 3.05) is 20.1 Å². The van der Waals surface area contributed by atoms with Gasteiger partial charge in [0.25, 0.3) is 0 Å². The summed E-state index contributed by atoms with van der Waals surface area (Å²) in [5.74, 6) is -0.350. The molecule has 1 saturated carbocycles. The standard InChI is InChI=1S/C26H38F3N3O5S/c1-16(2)12-18(13-25(3,4)37-24(34)30-5)23(33)31-22-11-6-17-14-32(15-21(17)22)38(35,36)20-9-7-19(8-10-20)26(27,28)29/h7-10,16-18,21-22H,6,11-15H2,1-5H3,(H,30,34)(H,31,33)/t17-,18+,21+,22-/m1/s1. The first kappa shape index (κ1) is 30.2. The summed E-state index contributed by atoms with van der Waals surface area (Å²) < 4.78 is 71.8. The monoisotopic (exact) mass is 561 g/mol. The van der Waals surface area contributed by atoms with Gasteiger partial charge in [-0.3, -0.25) is 4.79 Å². The summed E-state index contributed by atoms with van der Waals surface area (Å²) in [7, 11) is -2.50. The van der Waals surface area contributed by atoms with Gasteiger partial charge in [0.05, 0.1) is 10.5 Å². The highest BCUT2D eigenvalue weighted by Crippen LogP contribution is 2.41. The van der Waals surface area contributed by atoms with Gasteiger partial charge >= 0.3 is 12.3 Å². The first-order valence-corrected chi connectivity index (χ1v) is 14.4. The first-order chi connectivity index (χ1) is 17.5. The molecule has 2 fully saturated rings. The molecule has 1 saturated heterocycles. The average Bonchev–Trinajstić information content (AvgIpc) is 3.39. The first-order valence-electron chi connectivity index (χ1n) is 12.9. The second-order valence-electron chi connectivity index (χ2n) is 11.4. The molecular formula is C26H38F3N3O5S. The van der Waals surface area contributed by atoms with E-state index in [4.69, 9.17) is 4.74 Å². The van der Waals surface area contributed by atoms with Gasteiger partial charge in [-0.25, -0.2) is 13.2 Å². The molecule has 2 aliphatic rings. The van der Waals surface area contributed by atoms with E-state index >= 15 is 0 Å². The van der Waals surface area contributed by atoms with Crippen molar-refractivity contribution in [1.82, 2.24) is 14.9 Å². The minimum atomic E-state index is -4.55. The van der Waals surface area contributed by atoms with E-state index in [9.17, 15) is 31.2 Å². The molecule has 4 atom stereocenters. The zero-order chi connectivity index (χ0) is 28.5. The fourth-order valence-corrected chi connectivity index (χ4v) is 7.19. The van der Waals surface area contributed by atoms with Crippen LogP contribution in [0.1, 0.15) is 58.9 Å². The Morgan fingerprint density at radius 3 is 2.29 bits per heavy atom. The van der Waals surface area contributed by atoms with E-state index in [0.717, 1.165) is 37.1 Å². The number of hydrogen-bond acceptors (Lipinski definition) is 5. The maximum absolute atomic E-state index is 13.4. The predicted octanol–water partition coefficient (Wildman–Crippen LogP) is 4.41. The number of amides is 2. The third-order valence-electron chi connectivity index (χ3n) is 7.41. The number of alkyl carbamates (subject to hydrolysis) is 1. The predicted molar refractivity (Wildman–Crippen MR) is 136 cm³/mol. The molecule has 12 heteroatoms. The highest BCUT2D eigenvalue weighted by molar-refractivity contribution is 7.89. The number of ether oxygens (including phenoxy) is 1. The molecule has 1 aromatic carbocycles. The minimum absolute atomic E-state index is 0.0566. The molecule has 2 amide bonds. The lowest BCUT2D eigenvalue weighted by atomic mass is 9.86. The van der Waals surface area contributed by atoms with Crippen molar-refractivity contribution in [3.63, 3.8) is 0 Å². The van der Waals surface area contributed by atoms with Crippen LogP contribution in [0.3, 0.4) is 0 Å². The average molecular weight is 562 g/mol. The Hall–Kier alpha value is -2.34. The van der Waals surface area contributed by atoms with E-state index in [1.165, 1.54) is 11.4 Å². The third kappa shape index (κ3) is 7.19. The van der Waals surface area contributed by atoms with Gasteiger partial charge < -0.3 is 15.4 Å². The normalized spacial score (nSPS) is 23.2. The van der Waals surface area contributed by atoms with Gasteiger partial charge in [0.2, 0.25) is 15.9 Å². The van der Waals surface area contributed by atoms with Crippen LogP contribution in [0, 0.1) is 23.7 Å². The number of benzene rings is 1. The third-order valence-corrected chi connectivity index (χ3v) is 9.25. The molecule has 0 aromatic heterocycles. The fraction of sp³-hybridized carbons (Fsp3) is 0.692. The van der Waals surface area contributed by atoms with Crippen LogP contribution in [0.15, 0.2) is 29.2 Å². The Bertz CT molecular complexity index is 1110. The van der Waals surface area contributed by atoms with Crippen LogP contribution in [-0.4, -0.2) is 56.5 Å². The van der Waals surface area contributed by atoms with Crippen molar-refractivity contribution in [3.05, 3.63) is 29.8 Å². The Morgan fingerprint density at radius 1 is 1.11 bits per heavy atom. The number of hydrogen-bond donors (Lipinski definition) is 2. The molecule has 1 aliphatic heterocycles. The molecule has 0 bridgehead atoms. The Morgan fingerprint density at radius 2 is 1.74 bits per heavy atom. The number of nitrogens with one attached hydrogen (secondary N) is 2. The molecule has 2 N–H and O–H groups in total. The maximum atomic E-state index is 13.4. The molecule has 0 spiro atoms. The fourth-order valence-electron chi connectivity index (χ4n) is 5.65. The maximum Gasteiger partial charge on any atom is 0.416 e. The molecule has 1 heterocycles. The number of carbonyl (C=O) groups is 2. The van der Waals surface area contributed by atoms with E-state index in [1.54, 1.807) is 13.8 Å². The number of fused-ring (bicyclic) bond motifs is 1. The van der Waals surface area contributed by atoms with Gasteiger partial charge in [-0.1, -0.05) is 13.8 Å². The van der Waals surface area contributed by atoms with E-state index in [2.05, 4.69) is 10.6 Å². The van der Waals surface area contributed by atoms with Gasteiger partial charge in [0.15, 0.2) is 0 Å². The van der Waals surface area contributed by atoms with E-state index in [1.807, 2.05) is 13.8 Å². The molecule has 38 heavy (non-hydrogen) atoms. The van der Waals surface area contributed by atoms with Crippen LogP contribution in [0.5, 0.6) is 0 Å². The lowest BCUT2D eigenvalue weighted by Crippen LogP contribution is -2.45. The molecule has 8 nitrogen and oxygen atoms in total. The van der Waals surface area contributed by atoms with Crippen molar-refractivity contribution in [1.29, 1.82) is 0 Å². The smallest absolute Gasteiger partial charge is 0.416 e. The number of sulfonamides is 1. The largest absolute Gasteiger partial charge is 0.444 e. The summed E-state index contributed by atoms with van der Waals surface area (Å²) in [6, 6.07) is 3.32. The van der Waals surface area contributed by atoms with Gasteiger partial charge in [-0.2, -0.15) is 17.5 Å². The van der Waals surface area contributed by atoms with Crippen molar-refractivity contribution in [3.8, 4) is 0 Å². The van der Waals surface area contributed by atoms with Crippen molar-refractivity contribution in [2.45, 2.75) is 76.1 Å². The number of nitrogens with zero attached hydrogens (tertiary/aromatic N) is 1. The van der Waals surface area contributed by atoms with Crippen LogP contribution in [0.2, 0.25) is 0 Å². The summed E-state index contributed by atoms with van der Waals surface area (Å²) in [6.45, 7) is 8.01. The Kier molecular flexibility index (Phi) is 9.07. The van der Waals surface area contributed by atoms with Gasteiger partial charge in [0, 0.05) is 32.1 Å². The molecular weight excluding hydrogens is 523 g/mol. The second kappa shape index (κ2) is 11.4. The molecule has 0 radical (unpaired) electrons. The van der Waals surface area contributed by atoms with Crippen molar-refractivity contribution in [2.24, 2.45) is 23.7 Å². The Labute approximate surface area is 222 Å². The zero-order valence-electron chi connectivity index (χ0n) is 22.5. The van der Waals surface area contributed by atoms with Crippen molar-refractivity contribution >= 4 is 22.0 Å². The summed E-state index contributed by atoms with van der Waals surface area (Å²) in [5, 5.41) is 5.56. The van der Waals surface area contributed by atoms with Gasteiger partial charge in [-0.15, -0.1) is 0 Å². The van der Waals surface area contributed by atoms with Crippen LogP contribution in [0.25, 0.3) is 0 Å². The summed E-state index contributed by atoms with van der Waals surface area (Å²) in [6.07, 6.45) is -2.72. The topological polar surface area (TPSA) is 105 Å². The number of carbonyl (C=O) groups excluding carboxylic acids is 2. The molecule has 0 unspecified atom stereocenters. The highest BCUT2D eigenvalue weighted by Gasteiger charge is 2.47. The molecule has 1 aromatic rings.